The van der Waals surface area contributed by atoms with Gasteiger partial charge in [-0.3, -0.25) is 0 Å². The second-order valence-corrected chi connectivity index (χ2v) is 4.17. The minimum atomic E-state index is -0.889. The molecule has 2 unspecified atom stereocenters. The molecule has 14 heavy (non-hydrogen) atoms. The van der Waals surface area contributed by atoms with E-state index in [4.69, 9.17) is 14.6 Å². The van der Waals surface area contributed by atoms with Crippen LogP contribution in [0.25, 0.3) is 0 Å². The zero-order chi connectivity index (χ0) is 10.8. The summed E-state index contributed by atoms with van der Waals surface area (Å²) in [5.41, 5.74) is -0.883. The lowest BCUT2D eigenvalue weighted by atomic mass is 9.98. The Kier molecular flexibility index (Phi) is 3.49. The van der Waals surface area contributed by atoms with Gasteiger partial charge >= 0.3 is 0 Å². The quantitative estimate of drug-likeness (QED) is 0.563. The normalized spacial score (nSPS) is 33.2. The molecule has 0 saturated carbocycles. The van der Waals surface area contributed by atoms with Gasteiger partial charge in [-0.25, -0.2) is 0 Å². The molecule has 1 aliphatic heterocycles. The lowest BCUT2D eigenvalue weighted by Crippen LogP contribution is -2.42. The first kappa shape index (κ1) is 11.9. The summed E-state index contributed by atoms with van der Waals surface area (Å²) in [5.74, 6) is -0.738. The van der Waals surface area contributed by atoms with E-state index in [1.807, 2.05) is 0 Å². The van der Waals surface area contributed by atoms with E-state index in [1.165, 1.54) is 0 Å². The fourth-order valence-electron chi connectivity index (χ4n) is 1.62. The van der Waals surface area contributed by atoms with Gasteiger partial charge in [-0.15, -0.1) is 0 Å². The Bertz CT molecular complexity index is 194. The molecule has 0 aliphatic carbocycles. The molecule has 0 spiro atoms. The van der Waals surface area contributed by atoms with Crippen LogP contribution in [0.15, 0.2) is 0 Å². The van der Waals surface area contributed by atoms with Gasteiger partial charge in [0.2, 0.25) is 0 Å². The summed E-state index contributed by atoms with van der Waals surface area (Å²) in [6.45, 7) is 3.15. The molecule has 1 fully saturated rings. The van der Waals surface area contributed by atoms with Gasteiger partial charge < -0.3 is 24.8 Å². The van der Waals surface area contributed by atoms with Crippen LogP contribution in [0.3, 0.4) is 0 Å². The Labute approximate surface area is 83.3 Å². The van der Waals surface area contributed by atoms with Crippen LogP contribution in [0, 0.1) is 0 Å². The molecule has 0 radical (unpaired) electrons. The van der Waals surface area contributed by atoms with E-state index in [0.29, 0.717) is 0 Å². The van der Waals surface area contributed by atoms with Gasteiger partial charge in [0.15, 0.2) is 5.79 Å². The largest absolute Gasteiger partial charge is 0.394 e. The highest BCUT2D eigenvalue weighted by Crippen LogP contribution is 2.33. The van der Waals surface area contributed by atoms with Crippen LogP contribution >= 0.6 is 0 Å². The van der Waals surface area contributed by atoms with Crippen LogP contribution in [0.5, 0.6) is 0 Å². The Hall–Kier alpha value is -0.200. The van der Waals surface area contributed by atoms with Gasteiger partial charge in [0.25, 0.3) is 0 Å². The maximum Gasteiger partial charge on any atom is 0.163 e. The second kappa shape index (κ2) is 4.12. The van der Waals surface area contributed by atoms with E-state index in [1.54, 1.807) is 13.8 Å². The van der Waals surface area contributed by atoms with Gasteiger partial charge in [-0.05, 0) is 13.8 Å². The maximum atomic E-state index is 9.29. The standard InChI is InChI=1S/C9H18O5/c1-8(2)13-6-9(5-11,14-8)3-7(12)4-10/h7,10-12H,3-6H2,1-2H3. The zero-order valence-electron chi connectivity index (χ0n) is 8.56. The Morgan fingerprint density at radius 3 is 2.36 bits per heavy atom. The smallest absolute Gasteiger partial charge is 0.163 e. The molecule has 2 atom stereocenters. The average Bonchev–Trinajstić information content (AvgIpc) is 2.42. The molecule has 1 saturated heterocycles. The first-order valence-electron chi connectivity index (χ1n) is 4.67. The van der Waals surface area contributed by atoms with E-state index in [2.05, 4.69) is 0 Å². The molecule has 0 bridgehead atoms. The fraction of sp³-hybridized carbons (Fsp3) is 1.00. The molecule has 1 rings (SSSR count). The Balaban J connectivity index is 2.60. The van der Waals surface area contributed by atoms with Gasteiger partial charge in [0.1, 0.15) is 5.60 Å². The van der Waals surface area contributed by atoms with Gasteiger partial charge in [0.05, 0.1) is 25.9 Å². The number of hydrogen-bond acceptors (Lipinski definition) is 5. The highest BCUT2D eigenvalue weighted by molar-refractivity contribution is 4.89. The maximum absolute atomic E-state index is 9.29. The molecule has 1 aliphatic rings. The van der Waals surface area contributed by atoms with Crippen LogP contribution in [0.1, 0.15) is 20.3 Å². The van der Waals surface area contributed by atoms with Crippen molar-refractivity contribution in [3.63, 3.8) is 0 Å². The van der Waals surface area contributed by atoms with Crippen LogP contribution in [0.2, 0.25) is 0 Å². The zero-order valence-corrected chi connectivity index (χ0v) is 8.56. The van der Waals surface area contributed by atoms with E-state index in [-0.39, 0.29) is 26.2 Å². The topological polar surface area (TPSA) is 79.2 Å². The monoisotopic (exact) mass is 206 g/mol. The Morgan fingerprint density at radius 1 is 1.36 bits per heavy atom. The van der Waals surface area contributed by atoms with Crippen molar-refractivity contribution < 1.29 is 24.8 Å². The predicted octanol–water partition coefficient (Wildman–Crippen LogP) is -0.756. The second-order valence-electron chi connectivity index (χ2n) is 4.17. The summed E-state index contributed by atoms with van der Waals surface area (Å²) in [6, 6.07) is 0. The summed E-state index contributed by atoms with van der Waals surface area (Å²) < 4.78 is 10.8. The summed E-state index contributed by atoms with van der Waals surface area (Å²) in [5, 5.41) is 27.2. The van der Waals surface area contributed by atoms with Crippen LogP contribution in [-0.4, -0.2) is 52.6 Å². The van der Waals surface area contributed by atoms with Crippen molar-refractivity contribution in [1.29, 1.82) is 0 Å². The van der Waals surface area contributed by atoms with Crippen molar-refractivity contribution >= 4 is 0 Å². The van der Waals surface area contributed by atoms with E-state index in [0.717, 1.165) is 0 Å². The third-order valence-electron chi connectivity index (χ3n) is 2.25. The molecular weight excluding hydrogens is 188 g/mol. The van der Waals surface area contributed by atoms with Crippen molar-refractivity contribution in [3.05, 3.63) is 0 Å². The molecule has 0 amide bonds. The SMILES string of the molecule is CC1(C)OCC(CO)(CC(O)CO)O1. The average molecular weight is 206 g/mol. The number of aliphatic hydroxyl groups excluding tert-OH is 3. The van der Waals surface area contributed by atoms with Crippen molar-refractivity contribution in [2.75, 3.05) is 19.8 Å². The van der Waals surface area contributed by atoms with Gasteiger partial charge in [0, 0.05) is 6.42 Å². The summed E-state index contributed by atoms with van der Waals surface area (Å²) in [4.78, 5) is 0. The lowest BCUT2D eigenvalue weighted by molar-refractivity contribution is -0.176. The van der Waals surface area contributed by atoms with Crippen LogP contribution in [-0.2, 0) is 9.47 Å². The summed E-state index contributed by atoms with van der Waals surface area (Å²) >= 11 is 0. The molecule has 0 aromatic heterocycles. The minimum absolute atomic E-state index is 0.170. The first-order chi connectivity index (χ1) is 6.43. The van der Waals surface area contributed by atoms with Crippen molar-refractivity contribution in [1.82, 2.24) is 0 Å². The fourth-order valence-corrected chi connectivity index (χ4v) is 1.62. The van der Waals surface area contributed by atoms with Gasteiger partial charge in [-0.1, -0.05) is 0 Å². The van der Waals surface area contributed by atoms with E-state index >= 15 is 0 Å². The molecule has 0 aromatic carbocycles. The highest BCUT2D eigenvalue weighted by atomic mass is 16.8. The first-order valence-corrected chi connectivity index (χ1v) is 4.67. The van der Waals surface area contributed by atoms with E-state index < -0.39 is 17.5 Å². The Morgan fingerprint density at radius 2 is 2.00 bits per heavy atom. The molecule has 0 aromatic rings. The molecule has 84 valence electrons. The molecule has 5 nitrogen and oxygen atoms in total. The summed E-state index contributed by atoms with van der Waals surface area (Å²) in [6.07, 6.45) is -0.719. The lowest BCUT2D eigenvalue weighted by Gasteiger charge is -2.28. The van der Waals surface area contributed by atoms with Crippen molar-refractivity contribution in [2.24, 2.45) is 0 Å². The van der Waals surface area contributed by atoms with Crippen molar-refractivity contribution in [2.45, 2.75) is 37.8 Å². The number of hydrogen-bond donors (Lipinski definition) is 3. The van der Waals surface area contributed by atoms with Crippen LogP contribution < -0.4 is 0 Å². The predicted molar refractivity (Wildman–Crippen MR) is 48.6 cm³/mol. The number of ether oxygens (including phenoxy) is 2. The van der Waals surface area contributed by atoms with Crippen LogP contribution in [0.4, 0.5) is 0 Å². The molecule has 5 heteroatoms. The van der Waals surface area contributed by atoms with E-state index in [9.17, 15) is 10.2 Å². The third-order valence-corrected chi connectivity index (χ3v) is 2.25. The molecular formula is C9H18O5. The number of aliphatic hydroxyl groups is 3. The highest BCUT2D eigenvalue weighted by Gasteiger charge is 2.46. The number of rotatable bonds is 4. The molecule has 1 heterocycles. The van der Waals surface area contributed by atoms with Gasteiger partial charge in [-0.2, -0.15) is 0 Å². The molecule has 3 N–H and O–H groups in total. The summed E-state index contributed by atoms with van der Waals surface area (Å²) in [7, 11) is 0. The minimum Gasteiger partial charge on any atom is -0.394 e. The van der Waals surface area contributed by atoms with Crippen molar-refractivity contribution in [3.8, 4) is 0 Å². The third kappa shape index (κ3) is 2.65.